The van der Waals surface area contributed by atoms with Crippen LogP contribution in [0.15, 0.2) is 48.5 Å². The maximum Gasteiger partial charge on any atom is 0.407 e. The topological polar surface area (TPSA) is 67.4 Å². The van der Waals surface area contributed by atoms with Crippen molar-refractivity contribution < 1.29 is 14.3 Å². The lowest BCUT2D eigenvalue weighted by atomic mass is 10.1. The molecule has 2 aromatic rings. The monoisotopic (exact) mass is 296 g/mol. The first-order valence-corrected chi connectivity index (χ1v) is 7.07. The van der Waals surface area contributed by atoms with Crippen molar-refractivity contribution in [1.82, 2.24) is 5.32 Å². The Morgan fingerprint density at radius 1 is 1.14 bits per heavy atom. The van der Waals surface area contributed by atoms with Crippen LogP contribution in [0.25, 0.3) is 0 Å². The van der Waals surface area contributed by atoms with E-state index >= 15 is 0 Å². The molecule has 2 aromatic carbocycles. The number of hydrogen-bond acceptors (Lipinski definition) is 3. The maximum absolute atomic E-state index is 11.7. The van der Waals surface area contributed by atoms with Crippen LogP contribution in [0.4, 0.5) is 10.5 Å². The average molecular weight is 296 g/mol. The normalized spacial score (nSPS) is 12.5. The molecule has 5 heteroatoms. The third-order valence-corrected chi connectivity index (χ3v) is 3.44. The Morgan fingerprint density at radius 2 is 1.95 bits per heavy atom. The molecular formula is C17H16N2O3. The van der Waals surface area contributed by atoms with Crippen LogP contribution in [0.1, 0.15) is 16.7 Å². The highest BCUT2D eigenvalue weighted by Crippen LogP contribution is 2.23. The molecular weight excluding hydrogens is 280 g/mol. The second-order valence-corrected chi connectivity index (χ2v) is 5.13. The van der Waals surface area contributed by atoms with E-state index in [0.717, 1.165) is 22.4 Å². The fourth-order valence-corrected chi connectivity index (χ4v) is 2.34. The molecule has 2 amide bonds. The lowest BCUT2D eigenvalue weighted by Gasteiger charge is -2.08. The predicted octanol–water partition coefficient (Wildman–Crippen LogP) is 2.61. The molecule has 0 atom stereocenters. The van der Waals surface area contributed by atoms with Gasteiger partial charge < -0.3 is 15.4 Å². The minimum atomic E-state index is -0.460. The Hall–Kier alpha value is -2.82. The number of alkyl carbamates (subject to hydrolysis) is 1. The van der Waals surface area contributed by atoms with Crippen molar-refractivity contribution in [3.63, 3.8) is 0 Å². The number of hydrogen-bond donors (Lipinski definition) is 2. The van der Waals surface area contributed by atoms with Crippen LogP contribution in [-0.4, -0.2) is 12.0 Å². The lowest BCUT2D eigenvalue weighted by Crippen LogP contribution is -2.23. The van der Waals surface area contributed by atoms with Crippen LogP contribution in [0.5, 0.6) is 0 Å². The molecule has 0 bridgehead atoms. The van der Waals surface area contributed by atoms with Crippen molar-refractivity contribution >= 4 is 17.7 Å². The summed E-state index contributed by atoms with van der Waals surface area (Å²) in [7, 11) is 0. The highest BCUT2D eigenvalue weighted by Gasteiger charge is 2.17. The molecule has 0 unspecified atom stereocenters. The Morgan fingerprint density at radius 3 is 2.77 bits per heavy atom. The number of fused-ring (bicyclic) bond motifs is 1. The summed E-state index contributed by atoms with van der Waals surface area (Å²) in [6, 6.07) is 15.2. The third-order valence-electron chi connectivity index (χ3n) is 3.44. The fourth-order valence-electron chi connectivity index (χ4n) is 2.34. The number of carbonyl (C=O) groups excluding carboxylic acids is 2. The highest BCUT2D eigenvalue weighted by atomic mass is 16.5. The number of carbonyl (C=O) groups is 2. The number of nitrogens with one attached hydrogen (secondary N) is 2. The van der Waals surface area contributed by atoms with Crippen LogP contribution in [0.3, 0.4) is 0 Å². The molecule has 1 aliphatic heterocycles. The van der Waals surface area contributed by atoms with E-state index in [9.17, 15) is 9.59 Å². The van der Waals surface area contributed by atoms with Crippen LogP contribution in [0.2, 0.25) is 0 Å². The molecule has 0 saturated carbocycles. The van der Waals surface area contributed by atoms with Crippen molar-refractivity contribution in [2.24, 2.45) is 0 Å². The molecule has 0 radical (unpaired) electrons. The van der Waals surface area contributed by atoms with Gasteiger partial charge in [-0.1, -0.05) is 42.5 Å². The van der Waals surface area contributed by atoms with Gasteiger partial charge in [-0.05, 0) is 22.8 Å². The molecule has 1 heterocycles. The van der Waals surface area contributed by atoms with Crippen LogP contribution < -0.4 is 10.6 Å². The summed E-state index contributed by atoms with van der Waals surface area (Å²) < 4.78 is 5.14. The van der Waals surface area contributed by atoms with E-state index in [-0.39, 0.29) is 12.5 Å². The van der Waals surface area contributed by atoms with Gasteiger partial charge in [0.05, 0.1) is 6.42 Å². The van der Waals surface area contributed by atoms with Crippen LogP contribution in [0, 0.1) is 0 Å². The van der Waals surface area contributed by atoms with Crippen LogP contribution >= 0.6 is 0 Å². The molecule has 5 nitrogen and oxygen atoms in total. The van der Waals surface area contributed by atoms with Crippen molar-refractivity contribution in [2.75, 3.05) is 5.32 Å². The summed E-state index contributed by atoms with van der Waals surface area (Å²) in [5.74, 6) is 0.00220. The van der Waals surface area contributed by atoms with Gasteiger partial charge >= 0.3 is 6.09 Å². The Bertz CT molecular complexity index is 698. The second kappa shape index (κ2) is 6.30. The summed E-state index contributed by atoms with van der Waals surface area (Å²) in [5.41, 5.74) is 3.69. The first-order valence-electron chi connectivity index (χ1n) is 7.07. The standard InChI is InChI=1S/C17H16N2O3/c20-16-9-14-8-13(6-7-15(14)19-16)10-18-17(21)22-11-12-4-2-1-3-5-12/h1-8H,9-11H2,(H,18,21)(H,19,20). The first kappa shape index (κ1) is 14.1. The van der Waals surface area contributed by atoms with Gasteiger partial charge in [0, 0.05) is 12.2 Å². The van der Waals surface area contributed by atoms with E-state index < -0.39 is 6.09 Å². The second-order valence-electron chi connectivity index (χ2n) is 5.13. The molecule has 1 aliphatic rings. The third kappa shape index (κ3) is 3.44. The minimum absolute atomic E-state index is 0.00220. The molecule has 0 aliphatic carbocycles. The van der Waals surface area contributed by atoms with Crippen molar-refractivity contribution in [3.8, 4) is 0 Å². The van der Waals surface area contributed by atoms with Gasteiger partial charge in [-0.25, -0.2) is 4.79 Å². The summed E-state index contributed by atoms with van der Waals surface area (Å²) in [4.78, 5) is 23.0. The Kier molecular flexibility index (Phi) is 4.05. The summed E-state index contributed by atoms with van der Waals surface area (Å²) in [5, 5.41) is 5.48. The number of ether oxygens (including phenoxy) is 1. The maximum atomic E-state index is 11.7. The van der Waals surface area contributed by atoms with Crippen molar-refractivity contribution in [1.29, 1.82) is 0 Å². The smallest absolute Gasteiger partial charge is 0.407 e. The van der Waals surface area contributed by atoms with Gasteiger partial charge in [0.25, 0.3) is 0 Å². The Labute approximate surface area is 128 Å². The zero-order valence-electron chi connectivity index (χ0n) is 12.0. The SMILES string of the molecule is O=C1Cc2cc(CNC(=O)OCc3ccccc3)ccc2N1. The van der Waals surface area contributed by atoms with Gasteiger partial charge in [-0.2, -0.15) is 0 Å². The molecule has 112 valence electrons. The largest absolute Gasteiger partial charge is 0.445 e. The predicted molar refractivity (Wildman–Crippen MR) is 82.2 cm³/mol. The molecule has 22 heavy (non-hydrogen) atoms. The lowest BCUT2D eigenvalue weighted by molar-refractivity contribution is -0.115. The minimum Gasteiger partial charge on any atom is -0.445 e. The number of amides is 2. The van der Waals surface area contributed by atoms with Gasteiger partial charge in [0.1, 0.15) is 6.61 Å². The van der Waals surface area contributed by atoms with E-state index in [1.54, 1.807) is 0 Å². The Balaban J connectivity index is 1.49. The van der Waals surface area contributed by atoms with Crippen molar-refractivity contribution in [3.05, 3.63) is 65.2 Å². The molecule has 0 aromatic heterocycles. The van der Waals surface area contributed by atoms with E-state index in [0.29, 0.717) is 13.0 Å². The molecule has 2 N–H and O–H groups in total. The van der Waals surface area contributed by atoms with Crippen LogP contribution in [-0.2, 0) is 29.1 Å². The molecule has 0 fully saturated rings. The van der Waals surface area contributed by atoms with Gasteiger partial charge in [-0.15, -0.1) is 0 Å². The molecule has 3 rings (SSSR count). The summed E-state index contributed by atoms with van der Waals surface area (Å²) >= 11 is 0. The summed E-state index contributed by atoms with van der Waals surface area (Å²) in [6.45, 7) is 0.615. The van der Waals surface area contributed by atoms with Gasteiger partial charge in [0.2, 0.25) is 5.91 Å². The van der Waals surface area contributed by atoms with Crippen molar-refractivity contribution in [2.45, 2.75) is 19.6 Å². The van der Waals surface area contributed by atoms with Gasteiger partial charge in [0.15, 0.2) is 0 Å². The number of benzene rings is 2. The molecule has 0 saturated heterocycles. The average Bonchev–Trinajstić information content (AvgIpc) is 2.91. The molecule has 0 spiro atoms. The zero-order chi connectivity index (χ0) is 15.4. The summed E-state index contributed by atoms with van der Waals surface area (Å²) in [6.07, 6.45) is -0.0692. The first-order chi connectivity index (χ1) is 10.7. The fraction of sp³-hybridized carbons (Fsp3) is 0.176. The zero-order valence-corrected chi connectivity index (χ0v) is 12.0. The number of anilines is 1. The van der Waals surface area contributed by atoms with E-state index in [1.165, 1.54) is 0 Å². The highest BCUT2D eigenvalue weighted by molar-refractivity contribution is 5.99. The van der Waals surface area contributed by atoms with E-state index in [1.807, 2.05) is 48.5 Å². The quantitative estimate of drug-likeness (QED) is 0.911. The number of rotatable bonds is 4. The van der Waals surface area contributed by atoms with Gasteiger partial charge in [-0.3, -0.25) is 4.79 Å². The van der Waals surface area contributed by atoms with E-state index in [2.05, 4.69) is 10.6 Å². The van der Waals surface area contributed by atoms with E-state index in [4.69, 9.17) is 4.74 Å².